The summed E-state index contributed by atoms with van der Waals surface area (Å²) >= 11 is 0. The summed E-state index contributed by atoms with van der Waals surface area (Å²) in [5, 5.41) is 10.2. The number of alkyl halides is 2. The Hall–Kier alpha value is -0.960. The van der Waals surface area contributed by atoms with Crippen molar-refractivity contribution in [3.05, 3.63) is 35.4 Å². The van der Waals surface area contributed by atoms with Crippen molar-refractivity contribution in [2.75, 3.05) is 0 Å². The molecule has 0 heterocycles. The van der Waals surface area contributed by atoms with Gasteiger partial charge in [0, 0.05) is 5.92 Å². The molecule has 3 heteroatoms. The molecular weight excluding hydrogens is 234 g/mol. The van der Waals surface area contributed by atoms with Crippen LogP contribution < -0.4 is 0 Å². The maximum absolute atomic E-state index is 12.7. The fraction of sp³-hybridized carbons (Fsp3) is 0.600. The van der Waals surface area contributed by atoms with Crippen molar-refractivity contribution < 1.29 is 13.9 Å². The third kappa shape index (κ3) is 3.08. The number of hydrogen-bond donors (Lipinski definition) is 1. The van der Waals surface area contributed by atoms with Crippen LogP contribution in [0.3, 0.4) is 0 Å². The van der Waals surface area contributed by atoms with Gasteiger partial charge in [-0.3, -0.25) is 0 Å². The quantitative estimate of drug-likeness (QED) is 0.832. The van der Waals surface area contributed by atoms with E-state index in [1.807, 2.05) is 12.1 Å². The zero-order valence-electron chi connectivity index (χ0n) is 11.5. The lowest BCUT2D eigenvalue weighted by molar-refractivity contribution is -0.0696. The number of aliphatic hydroxyl groups is 1. The van der Waals surface area contributed by atoms with Crippen molar-refractivity contribution in [2.24, 2.45) is 5.92 Å². The molecule has 102 valence electrons. The third-order valence-electron chi connectivity index (χ3n) is 3.94. The minimum atomic E-state index is -2.53. The first kappa shape index (κ1) is 15.1. The minimum absolute atomic E-state index is 0.441. The van der Waals surface area contributed by atoms with Crippen molar-refractivity contribution in [1.29, 1.82) is 0 Å². The van der Waals surface area contributed by atoms with E-state index >= 15 is 0 Å². The highest BCUT2D eigenvalue weighted by molar-refractivity contribution is 5.29. The molecule has 1 rings (SSSR count). The normalized spacial score (nSPS) is 18.4. The van der Waals surface area contributed by atoms with Crippen LogP contribution in [0.2, 0.25) is 0 Å². The summed E-state index contributed by atoms with van der Waals surface area (Å²) in [6.45, 7) is 7.04. The molecule has 1 nitrogen and oxygen atoms in total. The molecular formula is C15H22F2O. The molecule has 0 amide bonds. The van der Waals surface area contributed by atoms with E-state index in [-0.39, 0.29) is 0 Å². The molecule has 0 aliphatic heterocycles. The van der Waals surface area contributed by atoms with Crippen molar-refractivity contribution >= 4 is 0 Å². The van der Waals surface area contributed by atoms with E-state index in [0.717, 1.165) is 6.42 Å². The van der Waals surface area contributed by atoms with Crippen LogP contribution >= 0.6 is 0 Å². The Bertz CT molecular complexity index is 371. The van der Waals surface area contributed by atoms with Gasteiger partial charge in [0.15, 0.2) is 0 Å². The summed E-state index contributed by atoms with van der Waals surface area (Å²) in [5.41, 5.74) is 0.214. The summed E-state index contributed by atoms with van der Waals surface area (Å²) in [5.74, 6) is -0.650. The molecule has 1 aromatic rings. The van der Waals surface area contributed by atoms with Crippen molar-refractivity contribution in [1.82, 2.24) is 0 Å². The highest BCUT2D eigenvalue weighted by Gasteiger charge is 2.36. The maximum Gasteiger partial charge on any atom is 0.244 e. The minimum Gasteiger partial charge on any atom is -0.385 e. The van der Waals surface area contributed by atoms with Crippen molar-refractivity contribution in [3.63, 3.8) is 0 Å². The second kappa shape index (κ2) is 5.79. The van der Waals surface area contributed by atoms with Gasteiger partial charge >= 0.3 is 0 Å². The van der Waals surface area contributed by atoms with Gasteiger partial charge in [-0.25, -0.2) is 8.78 Å². The topological polar surface area (TPSA) is 20.2 Å². The average Bonchev–Trinajstić information content (AvgIpc) is 2.36. The Kier molecular flexibility index (Phi) is 4.85. The lowest BCUT2D eigenvalue weighted by atomic mass is 9.83. The molecule has 0 spiro atoms. The van der Waals surface area contributed by atoms with E-state index in [2.05, 4.69) is 13.8 Å². The Morgan fingerprint density at radius 2 is 1.67 bits per heavy atom. The molecule has 1 aromatic carbocycles. The number of halogens is 2. The zero-order valence-corrected chi connectivity index (χ0v) is 11.5. The summed E-state index contributed by atoms with van der Waals surface area (Å²) in [7, 11) is 0. The Balaban J connectivity index is 2.97. The summed E-state index contributed by atoms with van der Waals surface area (Å²) in [6, 6.07) is 7.33. The van der Waals surface area contributed by atoms with Crippen LogP contribution in [0.5, 0.6) is 0 Å². The average molecular weight is 256 g/mol. The first-order valence-electron chi connectivity index (χ1n) is 6.41. The predicted octanol–water partition coefficient (Wildman–Crippen LogP) is 4.31. The molecule has 1 N–H and O–H groups in total. The van der Waals surface area contributed by atoms with E-state index in [4.69, 9.17) is 0 Å². The Morgan fingerprint density at radius 1 is 1.17 bits per heavy atom. The van der Waals surface area contributed by atoms with Crippen molar-refractivity contribution in [2.45, 2.75) is 52.1 Å². The second-order valence-electron chi connectivity index (χ2n) is 5.20. The van der Waals surface area contributed by atoms with Crippen LogP contribution in [0, 0.1) is 5.92 Å². The SMILES string of the molecule is CCC(C)c1ccc(C(C)(O)C(C)C(F)F)cc1. The predicted molar refractivity (Wildman–Crippen MR) is 69.9 cm³/mol. The Labute approximate surface area is 108 Å². The fourth-order valence-corrected chi connectivity index (χ4v) is 1.89. The Morgan fingerprint density at radius 3 is 2.06 bits per heavy atom. The standard InChI is InChI=1S/C15H22F2O/c1-5-10(2)12-6-8-13(9-7-12)15(4,18)11(3)14(16)17/h6-11,14,18H,5H2,1-4H3. The van der Waals surface area contributed by atoms with Gasteiger partial charge in [0.1, 0.15) is 0 Å². The molecule has 0 aromatic heterocycles. The highest BCUT2D eigenvalue weighted by atomic mass is 19.3. The van der Waals surface area contributed by atoms with E-state index in [9.17, 15) is 13.9 Å². The summed E-state index contributed by atoms with van der Waals surface area (Å²) in [6.07, 6.45) is -1.50. The number of hydrogen-bond acceptors (Lipinski definition) is 1. The van der Waals surface area contributed by atoms with E-state index in [1.165, 1.54) is 19.4 Å². The van der Waals surface area contributed by atoms with E-state index < -0.39 is 17.9 Å². The second-order valence-corrected chi connectivity index (χ2v) is 5.20. The van der Waals surface area contributed by atoms with Gasteiger partial charge in [0.25, 0.3) is 0 Å². The lowest BCUT2D eigenvalue weighted by Crippen LogP contribution is -2.34. The first-order valence-corrected chi connectivity index (χ1v) is 6.41. The van der Waals surface area contributed by atoms with Gasteiger partial charge in [-0.05, 0) is 30.4 Å². The molecule has 0 radical (unpaired) electrons. The molecule has 0 aliphatic carbocycles. The summed E-state index contributed by atoms with van der Waals surface area (Å²) in [4.78, 5) is 0. The van der Waals surface area contributed by atoms with Crippen LogP contribution in [0.4, 0.5) is 8.78 Å². The summed E-state index contributed by atoms with van der Waals surface area (Å²) < 4.78 is 25.4. The molecule has 0 bridgehead atoms. The largest absolute Gasteiger partial charge is 0.385 e. The molecule has 0 fully saturated rings. The zero-order chi connectivity index (χ0) is 13.9. The third-order valence-corrected chi connectivity index (χ3v) is 3.94. The van der Waals surface area contributed by atoms with Crippen LogP contribution in [0.15, 0.2) is 24.3 Å². The number of rotatable bonds is 5. The van der Waals surface area contributed by atoms with Crippen molar-refractivity contribution in [3.8, 4) is 0 Å². The fourth-order valence-electron chi connectivity index (χ4n) is 1.89. The van der Waals surface area contributed by atoms with Gasteiger partial charge in [0.2, 0.25) is 6.43 Å². The molecule has 0 saturated heterocycles. The van der Waals surface area contributed by atoms with Crippen LogP contribution in [0.25, 0.3) is 0 Å². The van der Waals surface area contributed by atoms with Crippen LogP contribution in [0.1, 0.15) is 51.2 Å². The van der Waals surface area contributed by atoms with E-state index in [1.54, 1.807) is 12.1 Å². The number of benzene rings is 1. The molecule has 18 heavy (non-hydrogen) atoms. The van der Waals surface area contributed by atoms with Crippen LogP contribution in [-0.2, 0) is 5.60 Å². The van der Waals surface area contributed by atoms with Gasteiger partial charge in [-0.1, -0.05) is 45.0 Å². The van der Waals surface area contributed by atoms with Crippen LogP contribution in [-0.4, -0.2) is 11.5 Å². The molecule has 0 saturated carbocycles. The monoisotopic (exact) mass is 256 g/mol. The van der Waals surface area contributed by atoms with Gasteiger partial charge in [-0.2, -0.15) is 0 Å². The van der Waals surface area contributed by atoms with Gasteiger partial charge in [-0.15, -0.1) is 0 Å². The molecule has 0 aliphatic rings. The highest BCUT2D eigenvalue weighted by Crippen LogP contribution is 2.33. The van der Waals surface area contributed by atoms with Gasteiger partial charge < -0.3 is 5.11 Å². The van der Waals surface area contributed by atoms with Gasteiger partial charge in [0.05, 0.1) is 5.60 Å². The lowest BCUT2D eigenvalue weighted by Gasteiger charge is -2.30. The van der Waals surface area contributed by atoms with E-state index in [0.29, 0.717) is 11.5 Å². The molecule has 3 unspecified atom stereocenters. The molecule has 3 atom stereocenters. The first-order chi connectivity index (χ1) is 8.30. The maximum atomic E-state index is 12.7. The smallest absolute Gasteiger partial charge is 0.244 e.